The number of nitrogens with one attached hydrogen (secondary N) is 1. The van der Waals surface area contributed by atoms with Crippen LogP contribution in [0.2, 0.25) is 10.0 Å². The topological polar surface area (TPSA) is 86.8 Å². The number of rotatable bonds is 9. The highest BCUT2D eigenvalue weighted by atomic mass is 35.5. The number of hydrogen-bond acceptors (Lipinski definition) is 4. The quantitative estimate of drug-likeness (QED) is 0.550. The minimum atomic E-state index is -3.78. The molecule has 1 N–H and O–H groups in total. The first-order valence-corrected chi connectivity index (χ1v) is 13.0. The third kappa shape index (κ3) is 6.85. The fourth-order valence-corrected chi connectivity index (χ4v) is 4.72. The number of anilines is 1. The highest BCUT2D eigenvalue weighted by molar-refractivity contribution is 7.92. The van der Waals surface area contributed by atoms with E-state index < -0.39 is 28.5 Å². The summed E-state index contributed by atoms with van der Waals surface area (Å²) < 4.78 is 26.4. The van der Waals surface area contributed by atoms with Crippen LogP contribution in [-0.2, 0) is 26.2 Å². The molecular weight excluding hydrogens is 485 g/mol. The molecule has 0 aromatic heterocycles. The van der Waals surface area contributed by atoms with E-state index in [1.165, 1.54) is 11.9 Å². The number of benzene rings is 2. The van der Waals surface area contributed by atoms with Gasteiger partial charge in [-0.3, -0.25) is 13.9 Å². The average molecular weight is 514 g/mol. The molecular formula is C23H29Cl2N3O4S. The number of hydrogen-bond donors (Lipinski definition) is 1. The highest BCUT2D eigenvalue weighted by Crippen LogP contribution is 2.26. The average Bonchev–Trinajstić information content (AvgIpc) is 2.75. The Kier molecular flexibility index (Phi) is 9.17. The van der Waals surface area contributed by atoms with Gasteiger partial charge in [0, 0.05) is 13.6 Å². The van der Waals surface area contributed by atoms with E-state index in [9.17, 15) is 18.0 Å². The first-order valence-electron chi connectivity index (χ1n) is 10.4. The molecule has 2 rings (SSSR count). The summed E-state index contributed by atoms with van der Waals surface area (Å²) in [4.78, 5) is 27.5. The summed E-state index contributed by atoms with van der Waals surface area (Å²) in [5, 5.41) is 3.27. The van der Waals surface area contributed by atoms with Crippen molar-refractivity contribution in [2.75, 3.05) is 24.2 Å². The van der Waals surface area contributed by atoms with Crippen LogP contribution < -0.4 is 9.62 Å². The van der Waals surface area contributed by atoms with Gasteiger partial charge in [-0.25, -0.2) is 8.42 Å². The number of likely N-dealkylation sites (N-methyl/N-ethyl adjacent to an activating group) is 1. The van der Waals surface area contributed by atoms with Crippen molar-refractivity contribution in [1.82, 2.24) is 10.2 Å². The van der Waals surface area contributed by atoms with E-state index in [1.54, 1.807) is 44.2 Å². The van der Waals surface area contributed by atoms with Gasteiger partial charge in [-0.15, -0.1) is 0 Å². The lowest BCUT2D eigenvalue weighted by molar-refractivity contribution is -0.140. The van der Waals surface area contributed by atoms with Crippen molar-refractivity contribution in [2.45, 2.75) is 39.8 Å². The summed E-state index contributed by atoms with van der Waals surface area (Å²) in [6, 6.07) is 9.56. The molecule has 0 spiro atoms. The van der Waals surface area contributed by atoms with E-state index in [4.69, 9.17) is 23.2 Å². The van der Waals surface area contributed by atoms with Crippen LogP contribution in [-0.4, -0.2) is 51.0 Å². The number of aryl methyl sites for hydroxylation is 2. The van der Waals surface area contributed by atoms with Crippen LogP contribution in [0.4, 0.5) is 5.69 Å². The molecule has 0 fully saturated rings. The molecule has 2 aromatic carbocycles. The number of halogens is 2. The van der Waals surface area contributed by atoms with E-state index in [-0.39, 0.29) is 12.5 Å². The lowest BCUT2D eigenvalue weighted by atomic mass is 10.1. The number of sulfonamides is 1. The molecule has 7 nitrogen and oxygen atoms in total. The van der Waals surface area contributed by atoms with Crippen molar-refractivity contribution < 1.29 is 18.0 Å². The summed E-state index contributed by atoms with van der Waals surface area (Å²) in [5.74, 6) is -0.855. The molecule has 0 aliphatic carbocycles. The first-order chi connectivity index (χ1) is 15.4. The second kappa shape index (κ2) is 11.2. The van der Waals surface area contributed by atoms with Crippen LogP contribution in [0.5, 0.6) is 0 Å². The van der Waals surface area contributed by atoms with E-state index in [1.807, 2.05) is 13.0 Å². The second-order valence-electron chi connectivity index (χ2n) is 7.87. The molecule has 0 saturated heterocycles. The van der Waals surface area contributed by atoms with Gasteiger partial charge >= 0.3 is 0 Å². The van der Waals surface area contributed by atoms with Gasteiger partial charge in [0.2, 0.25) is 21.8 Å². The van der Waals surface area contributed by atoms with Crippen molar-refractivity contribution in [3.05, 3.63) is 63.1 Å². The van der Waals surface area contributed by atoms with Gasteiger partial charge in [0.25, 0.3) is 0 Å². The van der Waals surface area contributed by atoms with Gasteiger partial charge in [-0.05, 0) is 55.2 Å². The Morgan fingerprint density at radius 1 is 1.06 bits per heavy atom. The van der Waals surface area contributed by atoms with E-state index in [0.717, 1.165) is 16.1 Å². The predicted octanol–water partition coefficient (Wildman–Crippen LogP) is 3.93. The maximum absolute atomic E-state index is 13.5. The van der Waals surface area contributed by atoms with Crippen LogP contribution in [0.15, 0.2) is 36.4 Å². The Morgan fingerprint density at radius 2 is 1.73 bits per heavy atom. The standard InChI is InChI=1S/C23H29Cl2N3O4S/c1-6-20(23(30)26-4)27(13-17-9-10-18(24)19(25)12-17)22(29)14-28(33(5,31)32)21-11-15(2)7-8-16(21)3/h7-12,20H,6,13-14H2,1-5H3,(H,26,30). The summed E-state index contributed by atoms with van der Waals surface area (Å²) in [7, 11) is -2.29. The summed E-state index contributed by atoms with van der Waals surface area (Å²) in [6.07, 6.45) is 1.40. The Labute approximate surface area is 205 Å². The van der Waals surface area contributed by atoms with Gasteiger partial charge in [-0.2, -0.15) is 0 Å². The zero-order valence-corrected chi connectivity index (χ0v) is 21.7. The Hall–Kier alpha value is -2.29. The molecule has 2 amide bonds. The Balaban J connectivity index is 2.49. The maximum Gasteiger partial charge on any atom is 0.244 e. The number of nitrogens with zero attached hydrogens (tertiary/aromatic N) is 2. The van der Waals surface area contributed by atoms with Gasteiger partial charge in [0.1, 0.15) is 12.6 Å². The van der Waals surface area contributed by atoms with Crippen LogP contribution in [0.1, 0.15) is 30.0 Å². The summed E-state index contributed by atoms with van der Waals surface area (Å²) in [6.45, 7) is 5.03. The molecule has 1 unspecified atom stereocenters. The minimum Gasteiger partial charge on any atom is -0.357 e. The van der Waals surface area contributed by atoms with E-state index in [0.29, 0.717) is 33.3 Å². The van der Waals surface area contributed by atoms with Crippen molar-refractivity contribution in [3.8, 4) is 0 Å². The molecule has 180 valence electrons. The number of carbonyl (C=O) groups is 2. The maximum atomic E-state index is 13.5. The first kappa shape index (κ1) is 27.0. The molecule has 0 aliphatic rings. The number of amides is 2. The smallest absolute Gasteiger partial charge is 0.244 e. The molecule has 10 heteroatoms. The molecule has 0 heterocycles. The minimum absolute atomic E-state index is 0.0616. The normalized spacial score (nSPS) is 12.2. The Bertz CT molecular complexity index is 1140. The van der Waals surface area contributed by atoms with Crippen molar-refractivity contribution in [1.29, 1.82) is 0 Å². The predicted molar refractivity (Wildman–Crippen MR) is 133 cm³/mol. The summed E-state index contributed by atoms with van der Waals surface area (Å²) in [5.41, 5.74) is 2.67. The third-order valence-corrected chi connectivity index (χ3v) is 7.15. The molecule has 1 atom stereocenters. The third-order valence-electron chi connectivity index (χ3n) is 5.28. The van der Waals surface area contributed by atoms with Crippen molar-refractivity contribution in [2.24, 2.45) is 0 Å². The van der Waals surface area contributed by atoms with Crippen molar-refractivity contribution in [3.63, 3.8) is 0 Å². The molecule has 2 aromatic rings. The molecule has 33 heavy (non-hydrogen) atoms. The zero-order valence-electron chi connectivity index (χ0n) is 19.4. The van der Waals surface area contributed by atoms with E-state index >= 15 is 0 Å². The van der Waals surface area contributed by atoms with Crippen LogP contribution in [0, 0.1) is 13.8 Å². The van der Waals surface area contributed by atoms with Crippen LogP contribution in [0.3, 0.4) is 0 Å². The molecule has 0 aliphatic heterocycles. The lowest BCUT2D eigenvalue weighted by Gasteiger charge is -2.33. The van der Waals surface area contributed by atoms with Crippen LogP contribution >= 0.6 is 23.2 Å². The monoisotopic (exact) mass is 513 g/mol. The fraction of sp³-hybridized carbons (Fsp3) is 0.391. The van der Waals surface area contributed by atoms with Gasteiger partial charge < -0.3 is 10.2 Å². The number of carbonyl (C=O) groups excluding carboxylic acids is 2. The lowest BCUT2D eigenvalue weighted by Crippen LogP contribution is -2.51. The van der Waals surface area contributed by atoms with Gasteiger partial charge in [0.05, 0.1) is 22.0 Å². The Morgan fingerprint density at radius 3 is 2.27 bits per heavy atom. The summed E-state index contributed by atoms with van der Waals surface area (Å²) >= 11 is 12.1. The molecule has 0 saturated carbocycles. The van der Waals surface area contributed by atoms with Gasteiger partial charge in [0.15, 0.2) is 0 Å². The van der Waals surface area contributed by atoms with Crippen molar-refractivity contribution >= 4 is 50.7 Å². The fourth-order valence-electron chi connectivity index (χ4n) is 3.50. The van der Waals surface area contributed by atoms with Crippen LogP contribution in [0.25, 0.3) is 0 Å². The second-order valence-corrected chi connectivity index (χ2v) is 10.6. The highest BCUT2D eigenvalue weighted by Gasteiger charge is 2.31. The van der Waals surface area contributed by atoms with E-state index in [2.05, 4.69) is 5.32 Å². The largest absolute Gasteiger partial charge is 0.357 e. The van der Waals surface area contributed by atoms with Gasteiger partial charge in [-0.1, -0.05) is 48.3 Å². The molecule has 0 bridgehead atoms. The molecule has 0 radical (unpaired) electrons. The SMILES string of the molecule is CCC(C(=O)NC)N(Cc1ccc(Cl)c(Cl)c1)C(=O)CN(c1cc(C)ccc1C)S(C)(=O)=O. The zero-order chi connectivity index (χ0) is 24.9.